The van der Waals surface area contributed by atoms with Gasteiger partial charge < -0.3 is 29.4 Å². The van der Waals surface area contributed by atoms with Gasteiger partial charge in [-0.3, -0.25) is 9.59 Å². The Morgan fingerprint density at radius 1 is 1.24 bits per heavy atom. The van der Waals surface area contributed by atoms with Gasteiger partial charge in [-0.2, -0.15) is 0 Å². The number of ether oxygens (including phenoxy) is 4. The Morgan fingerprint density at radius 3 is 2.62 bits per heavy atom. The summed E-state index contributed by atoms with van der Waals surface area (Å²) in [7, 11) is 0. The number of amides is 1. The lowest BCUT2D eigenvalue weighted by molar-refractivity contribution is -0.143. The fraction of sp³-hybridized carbons (Fsp3) is 0.714. The highest BCUT2D eigenvalue weighted by Crippen LogP contribution is 2.43. The molecule has 0 aromatic carbocycles. The van der Waals surface area contributed by atoms with Gasteiger partial charge >= 0.3 is 5.97 Å². The monoisotopic (exact) mass is 631 g/mol. The maximum atomic E-state index is 12.3. The molecule has 3 aliphatic heterocycles. The lowest BCUT2D eigenvalue weighted by Gasteiger charge is -2.39. The number of esters is 1. The molecule has 0 unspecified atom stereocenters. The summed E-state index contributed by atoms with van der Waals surface area (Å²) in [5, 5.41) is 13.8. The minimum atomic E-state index is -0.642. The SMILES string of the molecule is CC(=O)O[C@@H](C)/C=C\C(=O)N[C@@H]1C[C@H](C)[C@H](C/C=C(C)/C=C/[C@H]2O[C@H](CCI)C[C@@]3(CO3)[C@@H]2O)O[C@@H]1C. The van der Waals surface area contributed by atoms with Crippen molar-refractivity contribution < 1.29 is 33.6 Å². The van der Waals surface area contributed by atoms with E-state index >= 15 is 0 Å². The molecule has 3 heterocycles. The van der Waals surface area contributed by atoms with Crippen LogP contribution in [0.5, 0.6) is 0 Å². The van der Waals surface area contributed by atoms with Gasteiger partial charge in [-0.05, 0) is 52.0 Å². The first-order valence-corrected chi connectivity index (χ1v) is 14.8. The number of carbonyl (C=O) groups excluding carboxylic acids is 2. The van der Waals surface area contributed by atoms with Crippen molar-refractivity contribution in [1.82, 2.24) is 5.32 Å². The Morgan fingerprint density at radius 2 is 1.97 bits per heavy atom. The minimum absolute atomic E-state index is 0.0544. The van der Waals surface area contributed by atoms with Crippen molar-refractivity contribution in [3.63, 3.8) is 0 Å². The van der Waals surface area contributed by atoms with Crippen LogP contribution in [0.4, 0.5) is 0 Å². The average Bonchev–Trinajstić information content (AvgIpc) is 3.60. The Bertz CT molecular complexity index is 884. The number of nitrogens with one attached hydrogen (secondary N) is 1. The van der Waals surface area contributed by atoms with Gasteiger partial charge in [-0.1, -0.05) is 53.3 Å². The summed E-state index contributed by atoms with van der Waals surface area (Å²) in [6, 6.07) is -0.0882. The molecule has 37 heavy (non-hydrogen) atoms. The molecule has 9 atom stereocenters. The van der Waals surface area contributed by atoms with E-state index < -0.39 is 17.8 Å². The van der Waals surface area contributed by atoms with Gasteiger partial charge in [0.15, 0.2) is 0 Å². The second-order valence-electron chi connectivity index (χ2n) is 10.6. The predicted molar refractivity (Wildman–Crippen MR) is 149 cm³/mol. The molecule has 1 spiro atoms. The Kier molecular flexibility index (Phi) is 11.2. The number of hydrogen-bond donors (Lipinski definition) is 2. The summed E-state index contributed by atoms with van der Waals surface area (Å²) >= 11 is 2.36. The van der Waals surface area contributed by atoms with Crippen LogP contribution in [0, 0.1) is 5.92 Å². The molecule has 0 aliphatic carbocycles. The third kappa shape index (κ3) is 8.88. The summed E-state index contributed by atoms with van der Waals surface area (Å²) in [5.41, 5.74) is 0.661. The molecule has 9 heteroatoms. The highest BCUT2D eigenvalue weighted by molar-refractivity contribution is 14.1. The molecule has 0 saturated carbocycles. The molecule has 3 fully saturated rings. The van der Waals surface area contributed by atoms with Crippen molar-refractivity contribution in [2.75, 3.05) is 11.0 Å². The van der Waals surface area contributed by atoms with Crippen molar-refractivity contribution in [2.45, 2.75) is 109 Å². The fourth-order valence-electron chi connectivity index (χ4n) is 5.06. The van der Waals surface area contributed by atoms with Crippen molar-refractivity contribution in [3.8, 4) is 0 Å². The average molecular weight is 632 g/mol. The second-order valence-corrected chi connectivity index (χ2v) is 11.7. The quantitative estimate of drug-likeness (QED) is 0.0944. The normalized spacial score (nSPS) is 37.2. The summed E-state index contributed by atoms with van der Waals surface area (Å²) in [6.07, 6.45) is 11.0. The highest BCUT2D eigenvalue weighted by Gasteiger charge is 2.58. The molecule has 1 amide bonds. The van der Waals surface area contributed by atoms with E-state index in [4.69, 9.17) is 18.9 Å². The minimum Gasteiger partial charge on any atom is -0.459 e. The molecule has 3 aliphatic rings. The zero-order chi connectivity index (χ0) is 27.2. The molecule has 0 aromatic heterocycles. The number of hydrogen-bond acceptors (Lipinski definition) is 7. The molecular formula is C28H42INO7. The molecule has 0 aromatic rings. The molecule has 3 saturated heterocycles. The van der Waals surface area contributed by atoms with E-state index in [0.717, 1.165) is 35.7 Å². The first-order chi connectivity index (χ1) is 17.5. The zero-order valence-electron chi connectivity index (χ0n) is 22.5. The summed E-state index contributed by atoms with van der Waals surface area (Å²) in [4.78, 5) is 23.3. The van der Waals surface area contributed by atoms with Crippen molar-refractivity contribution in [2.24, 2.45) is 5.92 Å². The van der Waals surface area contributed by atoms with Gasteiger partial charge in [0.2, 0.25) is 5.91 Å². The summed E-state index contributed by atoms with van der Waals surface area (Å²) < 4.78 is 24.1. The zero-order valence-corrected chi connectivity index (χ0v) is 24.7. The lowest BCUT2D eigenvalue weighted by atomic mass is 9.87. The van der Waals surface area contributed by atoms with Crippen molar-refractivity contribution in [3.05, 3.63) is 36.0 Å². The van der Waals surface area contributed by atoms with Crippen LogP contribution < -0.4 is 5.32 Å². The largest absolute Gasteiger partial charge is 0.459 e. The van der Waals surface area contributed by atoms with Gasteiger partial charge in [0, 0.05) is 23.8 Å². The van der Waals surface area contributed by atoms with Crippen molar-refractivity contribution >= 4 is 34.5 Å². The van der Waals surface area contributed by atoms with E-state index in [1.165, 1.54) is 13.0 Å². The van der Waals surface area contributed by atoms with E-state index in [1.807, 2.05) is 26.0 Å². The van der Waals surface area contributed by atoms with Crippen LogP contribution in [0.3, 0.4) is 0 Å². The van der Waals surface area contributed by atoms with Crippen molar-refractivity contribution in [1.29, 1.82) is 0 Å². The maximum absolute atomic E-state index is 12.3. The number of alkyl halides is 1. The number of rotatable bonds is 10. The van der Waals surface area contributed by atoms with Crippen LogP contribution in [-0.2, 0) is 28.5 Å². The summed E-state index contributed by atoms with van der Waals surface area (Å²) in [6.45, 7) is 9.82. The van der Waals surface area contributed by atoms with Crippen LogP contribution in [0.1, 0.15) is 60.3 Å². The molecule has 208 valence electrons. The Balaban J connectivity index is 1.48. The second kappa shape index (κ2) is 13.7. The van der Waals surface area contributed by atoms with E-state index in [-0.39, 0.29) is 48.3 Å². The van der Waals surface area contributed by atoms with Gasteiger partial charge in [-0.15, -0.1) is 0 Å². The number of halogens is 1. The van der Waals surface area contributed by atoms with Gasteiger partial charge in [0.25, 0.3) is 0 Å². The molecule has 2 N–H and O–H groups in total. The topological polar surface area (TPSA) is 107 Å². The number of aliphatic hydroxyl groups excluding tert-OH is 1. The van der Waals surface area contributed by atoms with Crippen LogP contribution in [0.25, 0.3) is 0 Å². The van der Waals surface area contributed by atoms with Gasteiger partial charge in [0.1, 0.15) is 23.9 Å². The number of aliphatic hydroxyl groups is 1. The van der Waals surface area contributed by atoms with Gasteiger partial charge in [0.05, 0.1) is 31.0 Å². The third-order valence-corrected chi connectivity index (χ3v) is 7.98. The van der Waals surface area contributed by atoms with Gasteiger partial charge in [-0.25, -0.2) is 0 Å². The third-order valence-electron chi connectivity index (χ3n) is 7.35. The molecular weight excluding hydrogens is 589 g/mol. The molecule has 0 bridgehead atoms. The number of epoxide rings is 1. The highest BCUT2D eigenvalue weighted by atomic mass is 127. The van der Waals surface area contributed by atoms with Crippen LogP contribution in [-0.4, -0.2) is 76.3 Å². The van der Waals surface area contributed by atoms with E-state index in [0.29, 0.717) is 6.61 Å². The number of allylic oxidation sites excluding steroid dienone is 2. The first kappa shape index (κ1) is 30.3. The van der Waals surface area contributed by atoms with Crippen LogP contribution in [0.2, 0.25) is 0 Å². The Hall–Kier alpha value is -1.27. The molecule has 3 rings (SSSR count). The standard InChI is InChI=1S/C28H42INO7/c1-17(7-10-25-27(33)28(16-34-28)15-22(37-25)12-13-29)6-9-24-18(2)14-23(20(4)36-24)30-26(32)11-8-19(3)35-21(5)31/h6-8,10-11,18-20,22-25,27,33H,9,12-16H2,1-5H3,(H,30,32)/b10-7+,11-8-,17-6+/t18-,19-,20+,22+,23+,24-,25+,27+,28+/m0/s1. The van der Waals surface area contributed by atoms with E-state index in [2.05, 4.69) is 40.9 Å². The maximum Gasteiger partial charge on any atom is 0.303 e. The predicted octanol–water partition coefficient (Wildman–Crippen LogP) is 3.80. The first-order valence-electron chi connectivity index (χ1n) is 13.2. The van der Waals surface area contributed by atoms with E-state index in [1.54, 1.807) is 13.0 Å². The van der Waals surface area contributed by atoms with E-state index in [9.17, 15) is 14.7 Å². The Labute approximate surface area is 234 Å². The van der Waals surface area contributed by atoms with Crippen LogP contribution >= 0.6 is 22.6 Å². The van der Waals surface area contributed by atoms with Crippen LogP contribution in [0.15, 0.2) is 36.0 Å². The fourth-order valence-corrected chi connectivity index (χ4v) is 5.75. The number of carbonyl (C=O) groups is 2. The smallest absolute Gasteiger partial charge is 0.303 e. The lowest BCUT2D eigenvalue weighted by Crippen LogP contribution is -2.50. The molecule has 0 radical (unpaired) electrons. The summed E-state index contributed by atoms with van der Waals surface area (Å²) in [5.74, 6) is -0.340. The molecule has 8 nitrogen and oxygen atoms in total.